The highest BCUT2D eigenvalue weighted by Crippen LogP contribution is 2.30. The Kier molecular flexibility index (Phi) is 4.54. The van der Waals surface area contributed by atoms with Gasteiger partial charge < -0.3 is 9.30 Å². The molecule has 0 radical (unpaired) electrons. The van der Waals surface area contributed by atoms with Gasteiger partial charge in [-0.05, 0) is 41.6 Å². The first-order valence-electron chi connectivity index (χ1n) is 7.63. The first-order chi connectivity index (χ1) is 10.5. The normalized spacial score (nSPS) is 25.5. The van der Waals surface area contributed by atoms with Crippen LogP contribution in [0.5, 0.6) is 5.75 Å². The van der Waals surface area contributed by atoms with Crippen molar-refractivity contribution in [3.8, 4) is 5.75 Å². The summed E-state index contributed by atoms with van der Waals surface area (Å²) in [4.78, 5) is 23.5. The summed E-state index contributed by atoms with van der Waals surface area (Å²) in [5, 5.41) is 1.80. The Labute approximate surface area is 137 Å². The van der Waals surface area contributed by atoms with Crippen LogP contribution < -0.4 is 15.7 Å². The quantitative estimate of drug-likeness (QED) is 0.878. The highest BCUT2D eigenvalue weighted by atomic mass is 79.9. The zero-order valence-corrected chi connectivity index (χ0v) is 14.1. The summed E-state index contributed by atoms with van der Waals surface area (Å²) in [7, 11) is 1.71. The SMILES string of the molecule is Cn1cc(Br)c(OC2CCC(N3NCCC3=O)CC2)cc1=O. The van der Waals surface area contributed by atoms with Crippen molar-refractivity contribution in [1.82, 2.24) is 15.0 Å². The van der Waals surface area contributed by atoms with Crippen LogP contribution in [0.3, 0.4) is 0 Å². The third kappa shape index (κ3) is 3.20. The molecule has 0 atom stereocenters. The van der Waals surface area contributed by atoms with E-state index < -0.39 is 0 Å². The first kappa shape index (κ1) is 15.6. The number of amides is 1. The lowest BCUT2D eigenvalue weighted by molar-refractivity contribution is -0.133. The van der Waals surface area contributed by atoms with Gasteiger partial charge in [0.05, 0.1) is 10.6 Å². The smallest absolute Gasteiger partial charge is 0.254 e. The molecule has 2 heterocycles. The van der Waals surface area contributed by atoms with Gasteiger partial charge in [-0.1, -0.05) is 0 Å². The lowest BCUT2D eigenvalue weighted by Gasteiger charge is -2.34. The van der Waals surface area contributed by atoms with Crippen LogP contribution in [0.1, 0.15) is 32.1 Å². The summed E-state index contributed by atoms with van der Waals surface area (Å²) in [6.07, 6.45) is 6.03. The molecule has 1 aliphatic heterocycles. The fourth-order valence-corrected chi connectivity index (χ4v) is 3.61. The number of rotatable bonds is 3. The van der Waals surface area contributed by atoms with Crippen LogP contribution in [0, 0.1) is 0 Å². The number of nitrogens with one attached hydrogen (secondary N) is 1. The first-order valence-corrected chi connectivity index (χ1v) is 8.42. The van der Waals surface area contributed by atoms with Gasteiger partial charge in [-0.15, -0.1) is 0 Å². The second kappa shape index (κ2) is 6.42. The summed E-state index contributed by atoms with van der Waals surface area (Å²) in [5.74, 6) is 0.792. The maximum Gasteiger partial charge on any atom is 0.254 e. The van der Waals surface area contributed by atoms with Crippen LogP contribution >= 0.6 is 15.9 Å². The van der Waals surface area contributed by atoms with Crippen LogP contribution in [0.4, 0.5) is 0 Å². The third-order valence-electron chi connectivity index (χ3n) is 4.34. The van der Waals surface area contributed by atoms with Crippen molar-refractivity contribution in [3.05, 3.63) is 27.1 Å². The van der Waals surface area contributed by atoms with E-state index in [9.17, 15) is 9.59 Å². The van der Waals surface area contributed by atoms with Crippen molar-refractivity contribution in [2.45, 2.75) is 44.2 Å². The van der Waals surface area contributed by atoms with E-state index in [0.29, 0.717) is 12.2 Å². The van der Waals surface area contributed by atoms with Crippen LogP contribution in [0.25, 0.3) is 0 Å². The fraction of sp³-hybridized carbons (Fsp3) is 0.600. The minimum Gasteiger partial charge on any atom is -0.489 e. The van der Waals surface area contributed by atoms with E-state index in [1.807, 2.05) is 0 Å². The van der Waals surface area contributed by atoms with Crippen molar-refractivity contribution in [2.24, 2.45) is 7.05 Å². The van der Waals surface area contributed by atoms with Gasteiger partial charge in [-0.2, -0.15) is 0 Å². The number of ether oxygens (including phenoxy) is 1. The molecule has 1 N–H and O–H groups in total. The number of aromatic nitrogens is 1. The van der Waals surface area contributed by atoms with Crippen LogP contribution in [-0.2, 0) is 11.8 Å². The van der Waals surface area contributed by atoms with Gasteiger partial charge in [0.25, 0.3) is 5.56 Å². The van der Waals surface area contributed by atoms with E-state index in [0.717, 1.165) is 36.7 Å². The highest BCUT2D eigenvalue weighted by Gasteiger charge is 2.32. The molecule has 7 heteroatoms. The molecule has 3 rings (SSSR count). The summed E-state index contributed by atoms with van der Waals surface area (Å²) in [6.45, 7) is 0.746. The summed E-state index contributed by atoms with van der Waals surface area (Å²) in [5.41, 5.74) is 3.07. The summed E-state index contributed by atoms with van der Waals surface area (Å²) in [6, 6.07) is 1.78. The maximum absolute atomic E-state index is 11.7. The van der Waals surface area contributed by atoms with Crippen molar-refractivity contribution in [2.75, 3.05) is 6.54 Å². The Morgan fingerprint density at radius 3 is 2.64 bits per heavy atom. The number of carbonyl (C=O) groups is 1. The molecule has 2 fully saturated rings. The Hall–Kier alpha value is -1.34. The minimum atomic E-state index is -0.0845. The predicted molar refractivity (Wildman–Crippen MR) is 85.5 cm³/mol. The standard InChI is InChI=1S/C15H20BrN3O3/c1-18-9-12(16)13(8-15(18)21)22-11-4-2-10(3-5-11)19-14(20)6-7-17-19/h8-11,17H,2-7H2,1H3. The largest absolute Gasteiger partial charge is 0.489 e. The number of pyridine rings is 1. The molecule has 1 aliphatic carbocycles. The molecule has 6 nitrogen and oxygen atoms in total. The van der Waals surface area contributed by atoms with E-state index >= 15 is 0 Å². The monoisotopic (exact) mass is 369 g/mol. The number of aryl methyl sites for hydroxylation is 1. The number of halogens is 1. The molecular weight excluding hydrogens is 350 g/mol. The molecular formula is C15H20BrN3O3. The Balaban J connectivity index is 1.59. The number of hydrogen-bond acceptors (Lipinski definition) is 4. The molecule has 1 saturated carbocycles. The van der Waals surface area contributed by atoms with E-state index in [1.54, 1.807) is 18.3 Å². The van der Waals surface area contributed by atoms with E-state index in [-0.39, 0.29) is 23.6 Å². The average Bonchev–Trinajstić information content (AvgIpc) is 2.92. The van der Waals surface area contributed by atoms with Gasteiger partial charge in [0.15, 0.2) is 0 Å². The summed E-state index contributed by atoms with van der Waals surface area (Å²) < 4.78 is 8.27. The molecule has 2 aliphatic rings. The highest BCUT2D eigenvalue weighted by molar-refractivity contribution is 9.10. The number of hydrogen-bond donors (Lipinski definition) is 1. The number of hydrazine groups is 1. The lowest BCUT2D eigenvalue weighted by Crippen LogP contribution is -2.46. The molecule has 120 valence electrons. The van der Waals surface area contributed by atoms with Gasteiger partial charge >= 0.3 is 0 Å². The van der Waals surface area contributed by atoms with Crippen LogP contribution in [0.15, 0.2) is 21.5 Å². The van der Waals surface area contributed by atoms with E-state index in [2.05, 4.69) is 21.4 Å². The Bertz CT molecular complexity index is 623. The fourth-order valence-electron chi connectivity index (χ4n) is 3.10. The van der Waals surface area contributed by atoms with Crippen molar-refractivity contribution in [1.29, 1.82) is 0 Å². The third-order valence-corrected chi connectivity index (χ3v) is 4.93. The summed E-state index contributed by atoms with van der Waals surface area (Å²) >= 11 is 3.43. The molecule has 0 bridgehead atoms. The molecule has 1 aromatic heterocycles. The second-order valence-corrected chi connectivity index (χ2v) is 6.76. The zero-order chi connectivity index (χ0) is 15.7. The van der Waals surface area contributed by atoms with Crippen LogP contribution in [-0.4, -0.2) is 34.2 Å². The van der Waals surface area contributed by atoms with E-state index in [4.69, 9.17) is 4.74 Å². The van der Waals surface area contributed by atoms with E-state index in [1.165, 1.54) is 10.6 Å². The minimum absolute atomic E-state index is 0.0845. The Morgan fingerprint density at radius 1 is 1.27 bits per heavy atom. The molecule has 0 aromatic carbocycles. The zero-order valence-electron chi connectivity index (χ0n) is 12.5. The topological polar surface area (TPSA) is 63.6 Å². The lowest BCUT2D eigenvalue weighted by atomic mass is 9.92. The van der Waals surface area contributed by atoms with Crippen molar-refractivity contribution >= 4 is 21.8 Å². The number of nitrogens with zero attached hydrogens (tertiary/aromatic N) is 2. The second-order valence-electron chi connectivity index (χ2n) is 5.91. The average molecular weight is 370 g/mol. The molecule has 1 amide bonds. The molecule has 1 saturated heterocycles. The molecule has 0 spiro atoms. The predicted octanol–water partition coefficient (Wildman–Crippen LogP) is 1.57. The van der Waals surface area contributed by atoms with Crippen molar-refractivity contribution < 1.29 is 9.53 Å². The molecule has 22 heavy (non-hydrogen) atoms. The van der Waals surface area contributed by atoms with Gasteiger partial charge in [-0.3, -0.25) is 14.6 Å². The van der Waals surface area contributed by atoms with Crippen molar-refractivity contribution in [3.63, 3.8) is 0 Å². The Morgan fingerprint density at radius 2 is 2.00 bits per heavy atom. The van der Waals surface area contributed by atoms with Gasteiger partial charge in [-0.25, -0.2) is 5.43 Å². The maximum atomic E-state index is 11.7. The molecule has 0 unspecified atom stereocenters. The van der Waals surface area contributed by atoms with Crippen LogP contribution in [0.2, 0.25) is 0 Å². The van der Waals surface area contributed by atoms with Gasteiger partial charge in [0, 0.05) is 38.3 Å². The van der Waals surface area contributed by atoms with Gasteiger partial charge in [0.2, 0.25) is 5.91 Å². The number of carbonyl (C=O) groups excluding carboxylic acids is 1. The van der Waals surface area contributed by atoms with Gasteiger partial charge in [0.1, 0.15) is 5.75 Å². The molecule has 1 aromatic rings.